The summed E-state index contributed by atoms with van der Waals surface area (Å²) in [5.41, 5.74) is 3.52. The van der Waals surface area contributed by atoms with Crippen molar-refractivity contribution in [2.45, 2.75) is 25.5 Å². The Morgan fingerprint density at radius 3 is 2.86 bits per heavy atom. The molecule has 28 heavy (non-hydrogen) atoms. The van der Waals surface area contributed by atoms with Gasteiger partial charge in [0.25, 0.3) is 0 Å². The first kappa shape index (κ1) is 19.6. The maximum Gasteiger partial charge on any atom is 0.240 e. The smallest absolute Gasteiger partial charge is 0.240 e. The van der Waals surface area contributed by atoms with Crippen molar-refractivity contribution in [3.63, 3.8) is 0 Å². The van der Waals surface area contributed by atoms with Gasteiger partial charge < -0.3 is 15.7 Å². The molecule has 8 heteroatoms. The number of nitrogens with one attached hydrogen (secondary N) is 2. The summed E-state index contributed by atoms with van der Waals surface area (Å²) in [5, 5.41) is 22.6. The second kappa shape index (κ2) is 8.71. The van der Waals surface area contributed by atoms with E-state index in [1.165, 1.54) is 18.0 Å². The van der Waals surface area contributed by atoms with Crippen LogP contribution < -0.4 is 10.6 Å². The standard InChI is InChI=1S/C20H20N4O3S/c1-12-5-3-8-16(13(12)2)22-18(26)10-17-19(27)23-20(28-17)24-21-11-14-6-4-7-15(25)9-14/h3-9,11,17,25H,10H2,1-2H3,(H,22,26)(H,23,24,27)/b21-11-/t17-/m1/s1. The predicted molar refractivity (Wildman–Crippen MR) is 112 cm³/mol. The van der Waals surface area contributed by atoms with Gasteiger partial charge in [0, 0.05) is 12.1 Å². The van der Waals surface area contributed by atoms with Crippen molar-refractivity contribution in [2.75, 3.05) is 5.32 Å². The lowest BCUT2D eigenvalue weighted by Crippen LogP contribution is -2.28. The van der Waals surface area contributed by atoms with Gasteiger partial charge in [-0.1, -0.05) is 36.0 Å². The van der Waals surface area contributed by atoms with Gasteiger partial charge in [0.15, 0.2) is 5.17 Å². The van der Waals surface area contributed by atoms with Crippen molar-refractivity contribution >= 4 is 40.6 Å². The number of aryl methyl sites for hydroxylation is 1. The van der Waals surface area contributed by atoms with Gasteiger partial charge in [0.1, 0.15) is 11.0 Å². The highest BCUT2D eigenvalue weighted by atomic mass is 32.2. The van der Waals surface area contributed by atoms with Crippen LogP contribution in [-0.2, 0) is 9.59 Å². The third-order valence-electron chi connectivity index (χ3n) is 4.25. The molecule has 1 aliphatic rings. The Balaban J connectivity index is 1.58. The largest absolute Gasteiger partial charge is 0.508 e. The zero-order valence-electron chi connectivity index (χ0n) is 15.5. The Labute approximate surface area is 167 Å². The van der Waals surface area contributed by atoms with E-state index in [9.17, 15) is 14.7 Å². The van der Waals surface area contributed by atoms with E-state index >= 15 is 0 Å². The Hall–Kier alpha value is -3.13. The van der Waals surface area contributed by atoms with Crippen LogP contribution in [0.15, 0.2) is 52.7 Å². The molecule has 2 amide bonds. The number of aromatic hydroxyl groups is 1. The lowest BCUT2D eigenvalue weighted by Gasteiger charge is -2.11. The van der Waals surface area contributed by atoms with E-state index in [1.807, 2.05) is 32.0 Å². The van der Waals surface area contributed by atoms with Gasteiger partial charge in [0.05, 0.1) is 6.21 Å². The summed E-state index contributed by atoms with van der Waals surface area (Å²) in [4.78, 5) is 24.4. The number of rotatable bonds is 5. The first-order valence-corrected chi connectivity index (χ1v) is 9.54. The number of thioether (sulfide) groups is 1. The number of hydrogen-bond donors (Lipinski definition) is 3. The van der Waals surface area contributed by atoms with Gasteiger partial charge in [0.2, 0.25) is 11.8 Å². The van der Waals surface area contributed by atoms with E-state index < -0.39 is 5.25 Å². The SMILES string of the molecule is Cc1cccc(NC(=O)C[C@H]2S/C(=N/N=C\c3cccc(O)c3)NC2=O)c1C. The topological polar surface area (TPSA) is 103 Å². The molecule has 1 heterocycles. The van der Waals surface area contributed by atoms with Crippen LogP contribution in [-0.4, -0.2) is 33.6 Å². The molecule has 1 saturated heterocycles. The Morgan fingerprint density at radius 1 is 1.29 bits per heavy atom. The fourth-order valence-electron chi connectivity index (χ4n) is 2.60. The number of nitrogens with zero attached hydrogens (tertiary/aromatic N) is 2. The molecular formula is C20H20N4O3S. The van der Waals surface area contributed by atoms with Gasteiger partial charge in [-0.2, -0.15) is 5.10 Å². The molecule has 0 aromatic heterocycles. The quantitative estimate of drug-likeness (QED) is 0.534. The summed E-state index contributed by atoms with van der Waals surface area (Å²) in [6.45, 7) is 3.92. The normalized spacial score (nSPS) is 17.9. The molecule has 144 valence electrons. The van der Waals surface area contributed by atoms with Crippen LogP contribution in [0, 0.1) is 13.8 Å². The molecule has 0 aliphatic carbocycles. The molecule has 2 aromatic rings. The summed E-state index contributed by atoms with van der Waals surface area (Å²) < 4.78 is 0. The second-order valence-corrected chi connectivity index (χ2v) is 7.53. The van der Waals surface area contributed by atoms with E-state index in [1.54, 1.807) is 24.3 Å². The molecule has 0 bridgehead atoms. The molecule has 3 rings (SSSR count). The zero-order chi connectivity index (χ0) is 20.1. The first-order valence-electron chi connectivity index (χ1n) is 8.66. The minimum absolute atomic E-state index is 0.0408. The van der Waals surface area contributed by atoms with Crippen molar-refractivity contribution in [3.05, 3.63) is 59.2 Å². The number of hydrogen-bond acceptors (Lipinski definition) is 6. The van der Waals surface area contributed by atoms with Gasteiger partial charge >= 0.3 is 0 Å². The summed E-state index contributed by atoms with van der Waals surface area (Å²) >= 11 is 1.17. The minimum Gasteiger partial charge on any atom is -0.508 e. The number of amides is 2. The van der Waals surface area contributed by atoms with Gasteiger partial charge in [-0.05, 0) is 48.7 Å². The van der Waals surface area contributed by atoms with Crippen molar-refractivity contribution in [2.24, 2.45) is 10.2 Å². The molecule has 0 saturated carbocycles. The average Bonchev–Trinajstić information content (AvgIpc) is 2.98. The van der Waals surface area contributed by atoms with Crippen LogP contribution in [0.2, 0.25) is 0 Å². The fourth-order valence-corrected chi connectivity index (χ4v) is 3.52. The molecule has 0 radical (unpaired) electrons. The average molecular weight is 396 g/mol. The lowest BCUT2D eigenvalue weighted by molar-refractivity contribution is -0.122. The molecule has 0 spiro atoms. The van der Waals surface area contributed by atoms with Crippen molar-refractivity contribution < 1.29 is 14.7 Å². The lowest BCUT2D eigenvalue weighted by atomic mass is 10.1. The summed E-state index contributed by atoms with van der Waals surface area (Å²) in [6.07, 6.45) is 1.51. The van der Waals surface area contributed by atoms with Crippen LogP contribution in [0.4, 0.5) is 5.69 Å². The molecule has 0 unspecified atom stereocenters. The Kier molecular flexibility index (Phi) is 6.10. The van der Waals surface area contributed by atoms with Crippen molar-refractivity contribution in [3.8, 4) is 5.75 Å². The van der Waals surface area contributed by atoms with Crippen LogP contribution in [0.5, 0.6) is 5.75 Å². The van der Waals surface area contributed by atoms with Gasteiger partial charge in [-0.15, -0.1) is 5.10 Å². The van der Waals surface area contributed by atoms with E-state index in [0.29, 0.717) is 10.7 Å². The Morgan fingerprint density at radius 2 is 2.07 bits per heavy atom. The number of amidine groups is 1. The summed E-state index contributed by atoms with van der Waals surface area (Å²) in [5.74, 6) is -0.367. The minimum atomic E-state index is -0.556. The molecule has 1 atom stereocenters. The maximum absolute atomic E-state index is 12.3. The van der Waals surface area contributed by atoms with Crippen molar-refractivity contribution in [1.29, 1.82) is 0 Å². The monoisotopic (exact) mass is 396 g/mol. The highest BCUT2D eigenvalue weighted by Crippen LogP contribution is 2.24. The number of benzene rings is 2. The van der Waals surface area contributed by atoms with Crippen LogP contribution >= 0.6 is 11.8 Å². The highest BCUT2D eigenvalue weighted by Gasteiger charge is 2.32. The second-order valence-electron chi connectivity index (χ2n) is 6.34. The summed E-state index contributed by atoms with van der Waals surface area (Å²) in [6, 6.07) is 12.3. The van der Waals surface area contributed by atoms with Crippen LogP contribution in [0.1, 0.15) is 23.1 Å². The summed E-state index contributed by atoms with van der Waals surface area (Å²) in [7, 11) is 0. The number of anilines is 1. The van der Waals surface area contributed by atoms with Crippen LogP contribution in [0.25, 0.3) is 0 Å². The molecule has 1 fully saturated rings. The molecule has 7 nitrogen and oxygen atoms in total. The first-order chi connectivity index (χ1) is 13.4. The molecule has 1 aliphatic heterocycles. The van der Waals surface area contributed by atoms with E-state index in [2.05, 4.69) is 20.8 Å². The number of carbonyl (C=O) groups excluding carboxylic acids is 2. The number of carbonyl (C=O) groups is 2. The van der Waals surface area contributed by atoms with E-state index in [-0.39, 0.29) is 24.0 Å². The number of phenolic OH excluding ortho intramolecular Hbond substituents is 1. The fraction of sp³-hybridized carbons (Fsp3) is 0.200. The Bertz CT molecular complexity index is 972. The van der Waals surface area contributed by atoms with E-state index in [4.69, 9.17) is 0 Å². The van der Waals surface area contributed by atoms with Crippen LogP contribution in [0.3, 0.4) is 0 Å². The third-order valence-corrected chi connectivity index (χ3v) is 5.32. The highest BCUT2D eigenvalue weighted by molar-refractivity contribution is 8.15. The van der Waals surface area contributed by atoms with E-state index in [0.717, 1.165) is 16.8 Å². The van der Waals surface area contributed by atoms with Gasteiger partial charge in [-0.25, -0.2) is 0 Å². The zero-order valence-corrected chi connectivity index (χ0v) is 16.3. The third kappa shape index (κ3) is 4.98. The van der Waals surface area contributed by atoms with Gasteiger partial charge in [-0.3, -0.25) is 9.59 Å². The maximum atomic E-state index is 12.3. The molecule has 3 N–H and O–H groups in total. The predicted octanol–water partition coefficient (Wildman–Crippen LogP) is 2.96. The number of phenols is 1. The van der Waals surface area contributed by atoms with Crippen molar-refractivity contribution in [1.82, 2.24) is 5.32 Å². The molecular weight excluding hydrogens is 376 g/mol. The molecule has 2 aromatic carbocycles.